The average Bonchev–Trinajstić information content (AvgIpc) is 3.15. The van der Waals surface area contributed by atoms with Gasteiger partial charge in [-0.2, -0.15) is 0 Å². The largest absolute Gasteiger partial charge is 0.379 e. The van der Waals surface area contributed by atoms with Crippen LogP contribution in [0.5, 0.6) is 0 Å². The van der Waals surface area contributed by atoms with Crippen molar-refractivity contribution < 1.29 is 9.13 Å². The molecule has 1 saturated heterocycles. The molecule has 4 saturated carbocycles. The van der Waals surface area contributed by atoms with E-state index >= 15 is 0 Å². The Balaban J connectivity index is 1.22. The molecule has 0 N–H and O–H groups in total. The molecule has 2 bridgehead atoms. The summed E-state index contributed by atoms with van der Waals surface area (Å²) >= 11 is 0. The maximum absolute atomic E-state index is 13.0. The van der Waals surface area contributed by atoms with E-state index in [1.165, 1.54) is 37.9 Å². The number of imidazole rings is 1. The lowest BCUT2D eigenvalue weighted by Gasteiger charge is -2.49. The van der Waals surface area contributed by atoms with Gasteiger partial charge in [0.05, 0.1) is 36.5 Å². The molecule has 32 heavy (non-hydrogen) atoms. The number of hydrogen-bond acceptors (Lipinski definition) is 4. The van der Waals surface area contributed by atoms with Gasteiger partial charge in [0.1, 0.15) is 12.5 Å². The zero-order chi connectivity index (χ0) is 21.3. The number of alkyl halides is 1. The fraction of sp³-hybridized carbons (Fsp3) is 0.600. The number of halogens is 1. The van der Waals surface area contributed by atoms with Crippen LogP contribution in [0.3, 0.4) is 0 Å². The number of ether oxygens (including phenoxy) is 1. The minimum absolute atomic E-state index is 0.365. The van der Waals surface area contributed by atoms with E-state index in [1.54, 1.807) is 0 Å². The predicted octanol–water partition coefficient (Wildman–Crippen LogP) is 4.17. The van der Waals surface area contributed by atoms with Gasteiger partial charge in [0, 0.05) is 54.7 Å². The molecule has 6 nitrogen and oxygen atoms in total. The molecule has 7 heteroatoms. The highest BCUT2D eigenvalue weighted by Crippen LogP contribution is 2.61. The van der Waals surface area contributed by atoms with Gasteiger partial charge in [-0.15, -0.1) is 0 Å². The van der Waals surface area contributed by atoms with Crippen LogP contribution in [-0.4, -0.2) is 62.5 Å². The summed E-state index contributed by atoms with van der Waals surface area (Å²) in [4.78, 5) is 12.5. The molecule has 0 radical (unpaired) electrons. The third-order valence-electron chi connectivity index (χ3n) is 8.40. The van der Waals surface area contributed by atoms with Crippen LogP contribution < -0.4 is 0 Å². The van der Waals surface area contributed by atoms with Crippen LogP contribution in [0.2, 0.25) is 0 Å². The Kier molecular flexibility index (Phi) is 4.28. The highest BCUT2D eigenvalue weighted by Gasteiger charge is 2.59. The first-order valence-electron chi connectivity index (χ1n) is 12.2. The molecule has 0 aromatic carbocycles. The molecule has 8 rings (SSSR count). The fourth-order valence-electron chi connectivity index (χ4n) is 6.61. The first-order valence-corrected chi connectivity index (χ1v) is 12.2. The summed E-state index contributed by atoms with van der Waals surface area (Å²) in [6, 6.07) is 4.65. The Labute approximate surface area is 187 Å². The maximum atomic E-state index is 13.0. The van der Waals surface area contributed by atoms with E-state index in [0.29, 0.717) is 24.0 Å². The summed E-state index contributed by atoms with van der Waals surface area (Å²) in [5, 5.41) is 0. The molecule has 3 aromatic rings. The van der Waals surface area contributed by atoms with E-state index in [-0.39, 0.29) is 6.67 Å². The summed E-state index contributed by atoms with van der Waals surface area (Å²) in [6.45, 7) is 3.90. The number of nitrogens with zero attached hydrogens (tertiary/aromatic N) is 5. The van der Waals surface area contributed by atoms with Crippen LogP contribution in [0.25, 0.3) is 22.3 Å². The molecule has 1 atom stereocenters. The molecule has 4 heterocycles. The van der Waals surface area contributed by atoms with E-state index in [4.69, 9.17) is 9.72 Å². The van der Waals surface area contributed by atoms with Crippen molar-refractivity contribution in [2.45, 2.75) is 56.1 Å². The topological polar surface area (TPSA) is 48.1 Å². The zero-order valence-electron chi connectivity index (χ0n) is 18.4. The molecule has 3 aromatic heterocycles. The van der Waals surface area contributed by atoms with E-state index < -0.39 is 0 Å². The van der Waals surface area contributed by atoms with Crippen molar-refractivity contribution in [2.75, 3.05) is 33.0 Å². The lowest BCUT2D eigenvalue weighted by molar-refractivity contribution is -0.0494. The van der Waals surface area contributed by atoms with Crippen molar-refractivity contribution in [3.8, 4) is 11.3 Å². The quantitative estimate of drug-likeness (QED) is 0.583. The van der Waals surface area contributed by atoms with E-state index in [0.717, 1.165) is 54.5 Å². The van der Waals surface area contributed by atoms with Crippen molar-refractivity contribution in [3.63, 3.8) is 0 Å². The Hall–Kier alpha value is -2.25. The first-order chi connectivity index (χ1) is 15.7. The van der Waals surface area contributed by atoms with Crippen LogP contribution in [0.1, 0.15) is 49.9 Å². The highest BCUT2D eigenvalue weighted by molar-refractivity contribution is 5.80. The van der Waals surface area contributed by atoms with Crippen LogP contribution in [0.4, 0.5) is 4.39 Å². The Morgan fingerprint density at radius 2 is 2.00 bits per heavy atom. The van der Waals surface area contributed by atoms with Crippen molar-refractivity contribution in [1.82, 2.24) is 24.0 Å². The van der Waals surface area contributed by atoms with Crippen molar-refractivity contribution in [3.05, 3.63) is 36.5 Å². The average molecular weight is 436 g/mol. The van der Waals surface area contributed by atoms with Gasteiger partial charge in [-0.25, -0.2) is 9.37 Å². The highest BCUT2D eigenvalue weighted by atomic mass is 19.1. The minimum atomic E-state index is -0.373. The van der Waals surface area contributed by atoms with Gasteiger partial charge < -0.3 is 13.9 Å². The minimum Gasteiger partial charge on any atom is -0.379 e. The Bertz CT molecular complexity index is 1150. The van der Waals surface area contributed by atoms with Gasteiger partial charge in [-0.05, 0) is 50.2 Å². The Morgan fingerprint density at radius 1 is 1.16 bits per heavy atom. The molecular formula is C25H30FN5O. The number of hydrogen-bond donors (Lipinski definition) is 0. The SMILES string of the molecule is FCCn1ccc2ncc(-c3cn([C@H]4CC5(N6CCOCC6)CC4C5)c(C4CC4)n3)cc21. The summed E-state index contributed by atoms with van der Waals surface area (Å²) in [5.74, 6) is 2.64. The summed E-state index contributed by atoms with van der Waals surface area (Å²) in [5.41, 5.74) is 4.33. The summed E-state index contributed by atoms with van der Waals surface area (Å²) in [6.07, 6.45) is 12.5. The molecule has 0 unspecified atom stereocenters. The predicted molar refractivity (Wildman–Crippen MR) is 120 cm³/mol. The van der Waals surface area contributed by atoms with Gasteiger partial charge in [0.2, 0.25) is 0 Å². The van der Waals surface area contributed by atoms with Crippen LogP contribution in [0.15, 0.2) is 30.7 Å². The third kappa shape index (κ3) is 2.90. The zero-order valence-corrected chi connectivity index (χ0v) is 18.4. The molecule has 0 spiro atoms. The van der Waals surface area contributed by atoms with Crippen molar-refractivity contribution >= 4 is 11.0 Å². The lowest BCUT2D eigenvalue weighted by atomic mass is 9.75. The number of pyridine rings is 1. The van der Waals surface area contributed by atoms with Crippen molar-refractivity contribution in [1.29, 1.82) is 0 Å². The van der Waals surface area contributed by atoms with Gasteiger partial charge >= 0.3 is 0 Å². The molecule has 5 fully saturated rings. The second kappa shape index (κ2) is 7.12. The van der Waals surface area contributed by atoms with Gasteiger partial charge in [-0.3, -0.25) is 9.88 Å². The van der Waals surface area contributed by atoms with E-state index in [9.17, 15) is 4.39 Å². The molecular weight excluding hydrogens is 405 g/mol. The molecule has 5 aliphatic rings. The van der Waals surface area contributed by atoms with Crippen LogP contribution in [-0.2, 0) is 11.3 Å². The third-order valence-corrected chi connectivity index (χ3v) is 8.40. The van der Waals surface area contributed by atoms with E-state index in [1.807, 2.05) is 23.0 Å². The number of rotatable bonds is 6. The van der Waals surface area contributed by atoms with Gasteiger partial charge in [-0.1, -0.05) is 0 Å². The number of fused-ring (bicyclic) bond motifs is 2. The second-order valence-corrected chi connectivity index (χ2v) is 10.3. The van der Waals surface area contributed by atoms with Crippen LogP contribution in [0, 0.1) is 5.92 Å². The van der Waals surface area contributed by atoms with Crippen LogP contribution >= 0.6 is 0 Å². The summed E-state index contributed by atoms with van der Waals surface area (Å²) < 4.78 is 23.1. The fourth-order valence-corrected chi connectivity index (χ4v) is 6.61. The van der Waals surface area contributed by atoms with Gasteiger partial charge in [0.25, 0.3) is 0 Å². The lowest BCUT2D eigenvalue weighted by Crippen LogP contribution is -2.56. The molecule has 0 amide bonds. The maximum Gasteiger partial charge on any atom is 0.112 e. The number of aryl methyl sites for hydroxylation is 1. The monoisotopic (exact) mass is 435 g/mol. The van der Waals surface area contributed by atoms with Gasteiger partial charge in [0.15, 0.2) is 0 Å². The molecule has 168 valence electrons. The second-order valence-electron chi connectivity index (χ2n) is 10.3. The molecule has 1 aliphatic heterocycles. The van der Waals surface area contributed by atoms with E-state index in [2.05, 4.69) is 26.7 Å². The molecule has 4 aliphatic carbocycles. The Morgan fingerprint density at radius 3 is 2.78 bits per heavy atom. The normalized spacial score (nSPS) is 30.2. The smallest absolute Gasteiger partial charge is 0.112 e. The van der Waals surface area contributed by atoms with Crippen molar-refractivity contribution in [2.24, 2.45) is 5.92 Å². The standard InChI is InChI=1S/C25H30FN5O/c26-4-6-29-5-3-20-22(29)11-18(15-27-20)21-16-31(24(28-21)17-1-2-17)23-14-25(12-19(23)13-25)30-7-9-32-10-8-30/h3,5,11,15-17,19,23H,1-2,4,6-10,12-14H2/t19?,23-,25?/m0/s1. The summed E-state index contributed by atoms with van der Waals surface area (Å²) in [7, 11) is 0. The first kappa shape index (κ1) is 19.2. The number of morpholine rings is 1. The number of aromatic nitrogens is 4.